The number of nitrogens with zero attached hydrogens (tertiary/aromatic N) is 1. The van der Waals surface area contributed by atoms with Crippen molar-refractivity contribution in [2.75, 3.05) is 0 Å². The van der Waals surface area contributed by atoms with Crippen molar-refractivity contribution in [3.05, 3.63) is 68.4 Å². The summed E-state index contributed by atoms with van der Waals surface area (Å²) in [4.78, 5) is 11.0. The summed E-state index contributed by atoms with van der Waals surface area (Å²) in [5.41, 5.74) is 0.836. The van der Waals surface area contributed by atoms with Crippen molar-refractivity contribution in [2.45, 2.75) is 10.6 Å². The van der Waals surface area contributed by atoms with Crippen molar-refractivity contribution >= 4 is 33.4 Å². The normalized spacial score (nSPS) is 10.4. The molecule has 0 radical (unpaired) electrons. The molecule has 0 N–H and O–H groups in total. The van der Waals surface area contributed by atoms with Crippen LogP contribution >= 0.6 is 27.7 Å². The molecule has 6 heteroatoms. The third-order valence-electron chi connectivity index (χ3n) is 2.48. The Morgan fingerprint density at radius 2 is 1.95 bits per heavy atom. The fourth-order valence-corrected chi connectivity index (χ4v) is 3.15. The van der Waals surface area contributed by atoms with Gasteiger partial charge in [-0.15, -0.1) is 11.8 Å². The monoisotopic (exact) mass is 341 g/mol. The summed E-state index contributed by atoms with van der Waals surface area (Å²) in [6.45, 7) is 0. The van der Waals surface area contributed by atoms with Crippen LogP contribution in [0.15, 0.2) is 51.8 Å². The van der Waals surface area contributed by atoms with Gasteiger partial charge in [0, 0.05) is 11.8 Å². The highest BCUT2D eigenvalue weighted by atomic mass is 79.9. The van der Waals surface area contributed by atoms with Crippen LogP contribution < -0.4 is 0 Å². The topological polar surface area (TPSA) is 43.1 Å². The van der Waals surface area contributed by atoms with Gasteiger partial charge in [0.15, 0.2) is 0 Å². The average Bonchev–Trinajstić information content (AvgIpc) is 2.40. The average molecular weight is 342 g/mol. The molecule has 2 aromatic rings. The molecule has 0 aliphatic rings. The first-order valence-corrected chi connectivity index (χ1v) is 7.16. The minimum absolute atomic E-state index is 0.0695. The molecule has 0 saturated carbocycles. The van der Waals surface area contributed by atoms with E-state index in [0.29, 0.717) is 15.1 Å². The Morgan fingerprint density at radius 3 is 2.68 bits per heavy atom. The molecule has 2 aromatic carbocycles. The zero-order chi connectivity index (χ0) is 13.8. The fourth-order valence-electron chi connectivity index (χ4n) is 1.55. The first kappa shape index (κ1) is 14.0. The highest BCUT2D eigenvalue weighted by Crippen LogP contribution is 2.33. The predicted molar refractivity (Wildman–Crippen MR) is 76.8 cm³/mol. The number of para-hydroxylation sites is 1. The lowest BCUT2D eigenvalue weighted by Gasteiger charge is -2.05. The van der Waals surface area contributed by atoms with Crippen molar-refractivity contribution < 1.29 is 9.31 Å². The smallest absolute Gasteiger partial charge is 0.258 e. The van der Waals surface area contributed by atoms with E-state index in [4.69, 9.17) is 0 Å². The van der Waals surface area contributed by atoms with Crippen LogP contribution in [-0.2, 0) is 5.75 Å². The number of nitro benzene ring substituents is 1. The van der Waals surface area contributed by atoms with E-state index in [2.05, 4.69) is 15.9 Å². The summed E-state index contributed by atoms with van der Waals surface area (Å²) in [6.07, 6.45) is 0. The van der Waals surface area contributed by atoms with E-state index in [1.54, 1.807) is 30.3 Å². The van der Waals surface area contributed by atoms with Crippen LogP contribution in [0.2, 0.25) is 0 Å². The van der Waals surface area contributed by atoms with Gasteiger partial charge in [0.05, 0.1) is 14.3 Å². The van der Waals surface area contributed by atoms with Gasteiger partial charge in [0.2, 0.25) is 0 Å². The minimum atomic E-state index is -0.414. The molecule has 0 amide bonds. The van der Waals surface area contributed by atoms with E-state index in [-0.39, 0.29) is 11.5 Å². The van der Waals surface area contributed by atoms with Crippen molar-refractivity contribution in [3.8, 4) is 0 Å². The number of nitro groups is 1. The molecule has 0 saturated heterocycles. The standard InChI is InChI=1S/C13H9BrFNO2S/c14-13-9(4-3-5-10(13)15)8-19-12-7-2-1-6-11(12)16(17)18/h1-7H,8H2. The molecule has 0 fully saturated rings. The number of hydrogen-bond acceptors (Lipinski definition) is 3. The molecule has 0 spiro atoms. The van der Waals surface area contributed by atoms with E-state index in [0.717, 1.165) is 5.56 Å². The van der Waals surface area contributed by atoms with Gasteiger partial charge >= 0.3 is 0 Å². The molecule has 19 heavy (non-hydrogen) atoms. The van der Waals surface area contributed by atoms with Gasteiger partial charge in [-0.3, -0.25) is 10.1 Å². The fraction of sp³-hybridized carbons (Fsp3) is 0.0769. The SMILES string of the molecule is O=[N+]([O-])c1ccccc1SCc1cccc(F)c1Br. The molecule has 3 nitrogen and oxygen atoms in total. The van der Waals surface area contributed by atoms with Crippen LogP contribution in [0.5, 0.6) is 0 Å². The Hall–Kier alpha value is -1.40. The van der Waals surface area contributed by atoms with Crippen LogP contribution in [0.4, 0.5) is 10.1 Å². The van der Waals surface area contributed by atoms with Crippen LogP contribution in [0, 0.1) is 15.9 Å². The van der Waals surface area contributed by atoms with Crippen LogP contribution in [0.1, 0.15) is 5.56 Å². The maximum absolute atomic E-state index is 13.3. The zero-order valence-corrected chi connectivity index (χ0v) is 12.1. The number of thioether (sulfide) groups is 1. The Morgan fingerprint density at radius 1 is 1.21 bits per heavy atom. The highest BCUT2D eigenvalue weighted by molar-refractivity contribution is 9.10. The van der Waals surface area contributed by atoms with E-state index in [1.807, 2.05) is 0 Å². The summed E-state index contributed by atoms with van der Waals surface area (Å²) in [7, 11) is 0. The maximum Gasteiger partial charge on any atom is 0.282 e. The largest absolute Gasteiger partial charge is 0.282 e. The molecule has 2 rings (SSSR count). The first-order chi connectivity index (χ1) is 9.09. The molecule has 0 heterocycles. The Bertz CT molecular complexity index is 621. The van der Waals surface area contributed by atoms with Gasteiger partial charge < -0.3 is 0 Å². The van der Waals surface area contributed by atoms with E-state index < -0.39 is 4.92 Å². The second-order valence-electron chi connectivity index (χ2n) is 3.73. The molecule has 0 atom stereocenters. The third kappa shape index (κ3) is 3.33. The van der Waals surface area contributed by atoms with Gasteiger partial charge in [-0.2, -0.15) is 0 Å². The minimum Gasteiger partial charge on any atom is -0.258 e. The van der Waals surface area contributed by atoms with Crippen molar-refractivity contribution in [1.82, 2.24) is 0 Å². The Kier molecular flexibility index (Phi) is 4.55. The van der Waals surface area contributed by atoms with Gasteiger partial charge in [0.1, 0.15) is 5.82 Å². The summed E-state index contributed by atoms with van der Waals surface area (Å²) in [5, 5.41) is 10.9. The molecular formula is C13H9BrFNO2S. The quantitative estimate of drug-likeness (QED) is 0.456. The van der Waals surface area contributed by atoms with Crippen molar-refractivity contribution in [3.63, 3.8) is 0 Å². The molecule has 0 aliphatic carbocycles. The first-order valence-electron chi connectivity index (χ1n) is 5.38. The van der Waals surface area contributed by atoms with Gasteiger partial charge in [0.25, 0.3) is 5.69 Å². The van der Waals surface area contributed by atoms with Crippen molar-refractivity contribution in [2.24, 2.45) is 0 Å². The van der Waals surface area contributed by atoms with E-state index in [1.165, 1.54) is 23.9 Å². The van der Waals surface area contributed by atoms with Crippen LogP contribution in [0.25, 0.3) is 0 Å². The van der Waals surface area contributed by atoms with E-state index >= 15 is 0 Å². The zero-order valence-electron chi connectivity index (χ0n) is 9.68. The molecule has 0 bridgehead atoms. The number of halogens is 2. The van der Waals surface area contributed by atoms with Crippen LogP contribution in [-0.4, -0.2) is 4.92 Å². The van der Waals surface area contributed by atoms with E-state index in [9.17, 15) is 14.5 Å². The third-order valence-corrected chi connectivity index (χ3v) is 4.48. The summed E-state index contributed by atoms with van der Waals surface area (Å²) in [5.74, 6) is 0.129. The number of benzene rings is 2. The lowest BCUT2D eigenvalue weighted by molar-refractivity contribution is -0.387. The van der Waals surface area contributed by atoms with Gasteiger partial charge in [-0.05, 0) is 33.6 Å². The second kappa shape index (κ2) is 6.16. The van der Waals surface area contributed by atoms with Crippen molar-refractivity contribution in [1.29, 1.82) is 0 Å². The summed E-state index contributed by atoms with van der Waals surface area (Å²) < 4.78 is 13.8. The van der Waals surface area contributed by atoms with Crippen LogP contribution in [0.3, 0.4) is 0 Å². The van der Waals surface area contributed by atoms with Gasteiger partial charge in [-0.1, -0.05) is 24.3 Å². The Balaban J connectivity index is 2.19. The lowest BCUT2D eigenvalue weighted by Crippen LogP contribution is -1.91. The predicted octanol–water partition coefficient (Wildman–Crippen LogP) is 4.79. The summed E-state index contributed by atoms with van der Waals surface area (Å²) in [6, 6.07) is 11.3. The molecule has 98 valence electrons. The maximum atomic E-state index is 13.3. The summed E-state index contributed by atoms with van der Waals surface area (Å²) >= 11 is 4.49. The molecule has 0 aromatic heterocycles. The Labute approximate surface area is 122 Å². The highest BCUT2D eigenvalue weighted by Gasteiger charge is 2.13. The molecule has 0 unspecified atom stereocenters. The lowest BCUT2D eigenvalue weighted by atomic mass is 10.2. The molecular weight excluding hydrogens is 333 g/mol. The number of hydrogen-bond donors (Lipinski definition) is 0. The second-order valence-corrected chi connectivity index (χ2v) is 5.54. The number of rotatable bonds is 4. The molecule has 0 aliphatic heterocycles. The van der Waals surface area contributed by atoms with Gasteiger partial charge in [-0.25, -0.2) is 4.39 Å².